The van der Waals surface area contributed by atoms with Gasteiger partial charge >= 0.3 is 6.36 Å². The number of hydrogen-bond donors (Lipinski definition) is 1. The monoisotopic (exact) mass is 362 g/mol. The zero-order valence-corrected chi connectivity index (χ0v) is 13.5. The lowest BCUT2D eigenvalue weighted by molar-refractivity contribution is -0.274. The summed E-state index contributed by atoms with van der Waals surface area (Å²) in [5.74, 6) is -0.605. The summed E-state index contributed by atoms with van der Waals surface area (Å²) in [6.45, 7) is 0. The molecule has 3 aromatic rings. The van der Waals surface area contributed by atoms with Gasteiger partial charge in [0.1, 0.15) is 11.3 Å². The Bertz CT molecular complexity index is 958. The molecule has 0 fully saturated rings. The first-order valence-corrected chi connectivity index (χ1v) is 7.47. The zero-order chi connectivity index (χ0) is 18.7. The topological polar surface area (TPSA) is 60.5 Å². The molecule has 2 aromatic carbocycles. The Morgan fingerprint density at radius 1 is 1.04 bits per heavy atom. The molecule has 1 aromatic heterocycles. The van der Waals surface area contributed by atoms with E-state index in [-0.39, 0.29) is 11.3 Å². The fraction of sp³-hybridized carbons (Fsp3) is 0.111. The molecule has 0 radical (unpaired) electrons. The van der Waals surface area contributed by atoms with Gasteiger partial charge in [-0.15, -0.1) is 13.2 Å². The summed E-state index contributed by atoms with van der Waals surface area (Å²) in [6, 6.07) is 11.7. The molecule has 1 N–H and O–H groups in total. The Hall–Kier alpha value is -3.29. The number of rotatable bonds is 4. The number of halogens is 3. The van der Waals surface area contributed by atoms with E-state index < -0.39 is 18.0 Å². The van der Waals surface area contributed by atoms with Crippen LogP contribution < -0.4 is 14.8 Å². The molecular formula is C18H13F3N2O3. The number of aromatic nitrogens is 1. The first-order chi connectivity index (χ1) is 12.4. The molecule has 5 nitrogen and oxygen atoms in total. The van der Waals surface area contributed by atoms with Gasteiger partial charge in [-0.3, -0.25) is 9.78 Å². The van der Waals surface area contributed by atoms with Crippen LogP contribution in [0.25, 0.3) is 10.9 Å². The third-order valence-corrected chi connectivity index (χ3v) is 3.56. The van der Waals surface area contributed by atoms with Crippen LogP contribution in [0.2, 0.25) is 0 Å². The first-order valence-electron chi connectivity index (χ1n) is 7.47. The molecule has 1 amide bonds. The minimum Gasteiger partial charge on any atom is -0.494 e. The van der Waals surface area contributed by atoms with Gasteiger partial charge in [-0.05, 0) is 30.3 Å². The second-order valence-electron chi connectivity index (χ2n) is 5.21. The van der Waals surface area contributed by atoms with Crippen molar-refractivity contribution in [1.82, 2.24) is 4.98 Å². The maximum Gasteiger partial charge on any atom is 0.573 e. The van der Waals surface area contributed by atoms with Crippen LogP contribution in [0.1, 0.15) is 10.4 Å². The van der Waals surface area contributed by atoms with Crippen molar-refractivity contribution >= 4 is 22.5 Å². The maximum atomic E-state index is 12.6. The summed E-state index contributed by atoms with van der Waals surface area (Å²) in [7, 11) is 1.48. The highest BCUT2D eigenvalue weighted by atomic mass is 19.4. The third kappa shape index (κ3) is 3.69. The van der Waals surface area contributed by atoms with Crippen molar-refractivity contribution in [3.8, 4) is 11.5 Å². The van der Waals surface area contributed by atoms with E-state index in [1.807, 2.05) is 0 Å². The summed E-state index contributed by atoms with van der Waals surface area (Å²) in [6.07, 6.45) is -3.31. The lowest BCUT2D eigenvalue weighted by Crippen LogP contribution is -2.19. The maximum absolute atomic E-state index is 12.6. The number of anilines is 1. The highest BCUT2D eigenvalue weighted by molar-refractivity contribution is 6.13. The molecule has 1 heterocycles. The van der Waals surface area contributed by atoms with Crippen LogP contribution >= 0.6 is 0 Å². The van der Waals surface area contributed by atoms with Crippen molar-refractivity contribution in [3.05, 3.63) is 60.3 Å². The highest BCUT2D eigenvalue weighted by Gasteiger charge is 2.32. The second-order valence-corrected chi connectivity index (χ2v) is 5.21. The van der Waals surface area contributed by atoms with Gasteiger partial charge in [0.2, 0.25) is 0 Å². The number of amides is 1. The van der Waals surface area contributed by atoms with Crippen molar-refractivity contribution in [3.63, 3.8) is 0 Å². The van der Waals surface area contributed by atoms with Crippen LogP contribution in [-0.2, 0) is 0 Å². The van der Waals surface area contributed by atoms with Crippen molar-refractivity contribution in [2.75, 3.05) is 12.4 Å². The Kier molecular flexibility index (Phi) is 4.66. The Balaban J connectivity index is 1.96. The predicted molar refractivity (Wildman–Crippen MR) is 89.4 cm³/mol. The third-order valence-electron chi connectivity index (χ3n) is 3.56. The number of nitrogens with one attached hydrogen (secondary N) is 1. The standard InChI is InChI=1S/C18H13F3N2O3/c1-25-15-9-8-12(11-5-4-10-22-16(11)15)17(24)23-13-6-2-3-7-14(13)26-18(19,20)21/h2-10H,1H3,(H,23,24). The van der Waals surface area contributed by atoms with Crippen LogP contribution in [-0.4, -0.2) is 24.4 Å². The zero-order valence-electron chi connectivity index (χ0n) is 13.5. The van der Waals surface area contributed by atoms with Crippen LogP contribution in [0.4, 0.5) is 18.9 Å². The number of carbonyl (C=O) groups is 1. The number of hydrogen-bond acceptors (Lipinski definition) is 4. The minimum absolute atomic E-state index is 0.0947. The SMILES string of the molecule is COc1ccc(C(=O)Nc2ccccc2OC(F)(F)F)c2cccnc12. The fourth-order valence-electron chi connectivity index (χ4n) is 2.48. The smallest absolute Gasteiger partial charge is 0.494 e. The van der Waals surface area contributed by atoms with E-state index in [2.05, 4.69) is 15.0 Å². The number of methoxy groups -OCH3 is 1. The average Bonchev–Trinajstić information content (AvgIpc) is 2.61. The number of ether oxygens (including phenoxy) is 2. The summed E-state index contributed by atoms with van der Waals surface area (Å²) in [4.78, 5) is 16.8. The molecule has 0 atom stereocenters. The number of nitrogens with zero attached hydrogens (tertiary/aromatic N) is 1. The van der Waals surface area contributed by atoms with Crippen LogP contribution in [0.3, 0.4) is 0 Å². The number of fused-ring (bicyclic) bond motifs is 1. The molecule has 134 valence electrons. The predicted octanol–water partition coefficient (Wildman–Crippen LogP) is 4.39. The van der Waals surface area contributed by atoms with E-state index in [1.165, 1.54) is 31.4 Å². The van der Waals surface area contributed by atoms with Gasteiger partial charge < -0.3 is 14.8 Å². The molecule has 0 bridgehead atoms. The van der Waals surface area contributed by atoms with Crippen molar-refractivity contribution in [2.45, 2.75) is 6.36 Å². The minimum atomic E-state index is -4.86. The van der Waals surface area contributed by atoms with Gasteiger partial charge in [-0.2, -0.15) is 0 Å². The van der Waals surface area contributed by atoms with E-state index >= 15 is 0 Å². The van der Waals surface area contributed by atoms with Gasteiger partial charge in [0, 0.05) is 17.1 Å². The number of carbonyl (C=O) groups excluding carboxylic acids is 1. The fourth-order valence-corrected chi connectivity index (χ4v) is 2.48. The number of pyridine rings is 1. The molecule has 0 aliphatic rings. The van der Waals surface area contributed by atoms with Crippen molar-refractivity contribution in [2.24, 2.45) is 0 Å². The summed E-state index contributed by atoms with van der Waals surface area (Å²) in [5.41, 5.74) is 0.626. The summed E-state index contributed by atoms with van der Waals surface area (Å²) in [5, 5.41) is 2.96. The lowest BCUT2D eigenvalue weighted by Gasteiger charge is -2.14. The lowest BCUT2D eigenvalue weighted by atomic mass is 10.1. The van der Waals surface area contributed by atoms with E-state index in [0.717, 1.165) is 6.07 Å². The second kappa shape index (κ2) is 6.91. The Labute approximate surface area is 146 Å². The molecule has 0 saturated heterocycles. The van der Waals surface area contributed by atoms with E-state index in [4.69, 9.17) is 4.74 Å². The molecular weight excluding hydrogens is 349 g/mol. The van der Waals surface area contributed by atoms with Gasteiger partial charge in [0.15, 0.2) is 5.75 Å². The van der Waals surface area contributed by atoms with Crippen LogP contribution in [0.15, 0.2) is 54.7 Å². The highest BCUT2D eigenvalue weighted by Crippen LogP contribution is 2.31. The molecule has 0 spiro atoms. The Morgan fingerprint density at radius 2 is 1.81 bits per heavy atom. The van der Waals surface area contributed by atoms with E-state index in [9.17, 15) is 18.0 Å². The normalized spacial score (nSPS) is 11.2. The summed E-state index contributed by atoms with van der Waals surface area (Å²) >= 11 is 0. The number of benzene rings is 2. The molecule has 3 rings (SSSR count). The number of alkyl halides is 3. The summed E-state index contributed by atoms with van der Waals surface area (Å²) < 4.78 is 46.7. The average molecular weight is 362 g/mol. The largest absolute Gasteiger partial charge is 0.573 e. The molecule has 0 aliphatic carbocycles. The molecule has 0 aliphatic heterocycles. The van der Waals surface area contributed by atoms with Crippen molar-refractivity contribution < 1.29 is 27.4 Å². The van der Waals surface area contributed by atoms with Gasteiger partial charge in [0.25, 0.3) is 5.91 Å². The first kappa shape index (κ1) is 17.5. The van der Waals surface area contributed by atoms with Crippen LogP contribution in [0, 0.1) is 0 Å². The molecule has 8 heteroatoms. The molecule has 0 unspecified atom stereocenters. The van der Waals surface area contributed by atoms with Crippen LogP contribution in [0.5, 0.6) is 11.5 Å². The quantitative estimate of drug-likeness (QED) is 0.748. The van der Waals surface area contributed by atoms with Gasteiger partial charge in [-0.25, -0.2) is 0 Å². The Morgan fingerprint density at radius 3 is 2.54 bits per heavy atom. The van der Waals surface area contributed by atoms with Crippen molar-refractivity contribution in [1.29, 1.82) is 0 Å². The van der Waals surface area contributed by atoms with E-state index in [1.54, 1.807) is 24.4 Å². The molecule has 0 saturated carbocycles. The van der Waals surface area contributed by atoms with E-state index in [0.29, 0.717) is 16.7 Å². The van der Waals surface area contributed by atoms with Gasteiger partial charge in [-0.1, -0.05) is 18.2 Å². The molecule has 26 heavy (non-hydrogen) atoms. The van der Waals surface area contributed by atoms with Gasteiger partial charge in [0.05, 0.1) is 12.8 Å². The number of para-hydroxylation sites is 2.